The lowest BCUT2D eigenvalue weighted by molar-refractivity contribution is -1.02. The molecule has 0 aromatic heterocycles. The van der Waals surface area contributed by atoms with Crippen molar-refractivity contribution in [3.05, 3.63) is 35.4 Å². The van der Waals surface area contributed by atoms with E-state index in [-0.39, 0.29) is 23.7 Å². The molecule has 0 unspecified atom stereocenters. The normalized spacial score (nSPS) is 28.6. The highest BCUT2D eigenvalue weighted by Gasteiger charge is 2.48. The Morgan fingerprint density at radius 1 is 0.900 bits per heavy atom. The summed E-state index contributed by atoms with van der Waals surface area (Å²) in [6, 6.07) is 4.12. The van der Waals surface area contributed by atoms with Gasteiger partial charge in [0.05, 0.1) is 26.1 Å². The Bertz CT molecular complexity index is 819. The maximum Gasteiger partial charge on any atom is 0.237 e. The Kier molecular flexibility index (Phi) is 6.11. The van der Waals surface area contributed by atoms with Gasteiger partial charge in [0.2, 0.25) is 11.8 Å². The number of hydrogen-bond donors (Lipinski definition) is 2. The minimum Gasteiger partial charge on any atom is -0.493 e. The number of carbonyl (C=O) groups excluding carboxylic acids is 2. The van der Waals surface area contributed by atoms with Crippen LogP contribution in [-0.2, 0) is 16.1 Å². The lowest BCUT2D eigenvalue weighted by Crippen LogP contribution is -3.28. The third kappa shape index (κ3) is 3.96. The van der Waals surface area contributed by atoms with E-state index in [1.54, 1.807) is 19.1 Å². The standard InChI is InChI=1S/C23H31N3O4/c1-16-12-20(29-2)21(30-3)13-17(16)14-24-8-10-25(11-9-24)15-26-22(27)18-6-4-5-7-19(18)23(26)28/h4-5,12-13,18-19H,6-11,14-15H2,1-3H3/p+2/t18-,19-/m0/s1. The van der Waals surface area contributed by atoms with E-state index in [0.717, 1.165) is 44.2 Å². The Morgan fingerprint density at radius 3 is 2.00 bits per heavy atom. The molecular weight excluding hydrogens is 382 g/mol. The van der Waals surface area contributed by atoms with E-state index in [1.807, 2.05) is 18.2 Å². The van der Waals surface area contributed by atoms with Crippen LogP contribution in [-0.4, -0.2) is 63.8 Å². The number of aryl methyl sites for hydroxylation is 1. The molecule has 2 atom stereocenters. The molecule has 162 valence electrons. The zero-order valence-electron chi connectivity index (χ0n) is 18.2. The number of imide groups is 1. The molecule has 1 aromatic rings. The van der Waals surface area contributed by atoms with Gasteiger partial charge >= 0.3 is 0 Å². The number of piperazine rings is 1. The summed E-state index contributed by atoms with van der Waals surface area (Å²) in [5.74, 6) is 1.36. The molecule has 2 N–H and O–H groups in total. The highest BCUT2D eigenvalue weighted by Crippen LogP contribution is 2.34. The van der Waals surface area contributed by atoms with Gasteiger partial charge in [0.25, 0.3) is 0 Å². The van der Waals surface area contributed by atoms with Crippen molar-refractivity contribution in [1.82, 2.24) is 4.90 Å². The molecule has 7 heteroatoms. The predicted octanol–water partition coefficient (Wildman–Crippen LogP) is -0.796. The minimum absolute atomic E-state index is 0.0394. The van der Waals surface area contributed by atoms with Gasteiger partial charge in [0.1, 0.15) is 32.7 Å². The van der Waals surface area contributed by atoms with Crippen LogP contribution < -0.4 is 19.3 Å². The molecule has 2 saturated heterocycles. The van der Waals surface area contributed by atoms with E-state index in [0.29, 0.717) is 19.5 Å². The van der Waals surface area contributed by atoms with Crippen LogP contribution in [0.2, 0.25) is 0 Å². The van der Waals surface area contributed by atoms with Gasteiger partial charge < -0.3 is 19.3 Å². The molecule has 2 aliphatic heterocycles. The first kappa shape index (κ1) is 20.9. The third-order valence-electron chi connectivity index (χ3n) is 6.93. The highest BCUT2D eigenvalue weighted by atomic mass is 16.5. The van der Waals surface area contributed by atoms with Crippen LogP contribution in [0.5, 0.6) is 11.5 Å². The van der Waals surface area contributed by atoms with Gasteiger partial charge in [-0.15, -0.1) is 0 Å². The van der Waals surface area contributed by atoms with Gasteiger partial charge in [-0.3, -0.25) is 9.59 Å². The fourth-order valence-corrected chi connectivity index (χ4v) is 5.02. The quantitative estimate of drug-likeness (QED) is 0.472. The molecule has 4 rings (SSSR count). The third-order valence-corrected chi connectivity index (χ3v) is 6.93. The molecule has 7 nitrogen and oxygen atoms in total. The molecular formula is C23H33N3O4+2. The average Bonchev–Trinajstić information content (AvgIpc) is 3.01. The van der Waals surface area contributed by atoms with Crippen molar-refractivity contribution in [3.8, 4) is 11.5 Å². The molecule has 2 amide bonds. The Morgan fingerprint density at radius 2 is 1.43 bits per heavy atom. The van der Waals surface area contributed by atoms with Gasteiger partial charge in [0.15, 0.2) is 18.2 Å². The van der Waals surface area contributed by atoms with Crippen LogP contribution in [0.1, 0.15) is 24.0 Å². The first-order valence-electron chi connectivity index (χ1n) is 10.9. The number of methoxy groups -OCH3 is 2. The molecule has 0 radical (unpaired) electrons. The number of nitrogens with one attached hydrogen (secondary N) is 2. The van der Waals surface area contributed by atoms with Gasteiger partial charge in [-0.25, -0.2) is 4.90 Å². The number of nitrogens with zero attached hydrogens (tertiary/aromatic N) is 1. The second kappa shape index (κ2) is 8.78. The maximum atomic E-state index is 12.7. The van der Waals surface area contributed by atoms with Crippen molar-refractivity contribution in [3.63, 3.8) is 0 Å². The maximum absolute atomic E-state index is 12.7. The number of hydrogen-bond acceptors (Lipinski definition) is 4. The number of allylic oxidation sites excluding steroid dienone is 2. The average molecular weight is 416 g/mol. The molecule has 1 aliphatic carbocycles. The summed E-state index contributed by atoms with van der Waals surface area (Å²) >= 11 is 0. The van der Waals surface area contributed by atoms with Gasteiger partial charge in [-0.1, -0.05) is 12.2 Å². The summed E-state index contributed by atoms with van der Waals surface area (Å²) in [4.78, 5) is 29.8. The zero-order chi connectivity index (χ0) is 21.3. The number of amides is 2. The Balaban J connectivity index is 1.33. The van der Waals surface area contributed by atoms with Gasteiger partial charge in [0, 0.05) is 5.56 Å². The first-order chi connectivity index (χ1) is 14.5. The van der Waals surface area contributed by atoms with E-state index >= 15 is 0 Å². The van der Waals surface area contributed by atoms with Crippen molar-refractivity contribution in [2.75, 3.05) is 47.1 Å². The van der Waals surface area contributed by atoms with E-state index in [9.17, 15) is 9.59 Å². The fourth-order valence-electron chi connectivity index (χ4n) is 5.02. The molecule has 2 fully saturated rings. The lowest BCUT2D eigenvalue weighted by Gasteiger charge is -2.31. The summed E-state index contributed by atoms with van der Waals surface area (Å²) in [5, 5.41) is 0. The Hall–Kier alpha value is -2.38. The highest BCUT2D eigenvalue weighted by molar-refractivity contribution is 6.05. The summed E-state index contributed by atoms with van der Waals surface area (Å²) in [6.45, 7) is 7.54. The number of benzene rings is 1. The van der Waals surface area contributed by atoms with E-state index in [1.165, 1.54) is 20.9 Å². The van der Waals surface area contributed by atoms with Crippen LogP contribution >= 0.6 is 0 Å². The van der Waals surface area contributed by atoms with E-state index < -0.39 is 0 Å². The number of ether oxygens (including phenoxy) is 2. The minimum atomic E-state index is -0.123. The van der Waals surface area contributed by atoms with Crippen LogP contribution in [0.25, 0.3) is 0 Å². The number of rotatable bonds is 6. The van der Waals surface area contributed by atoms with E-state index in [4.69, 9.17) is 9.47 Å². The number of quaternary nitrogens is 2. The van der Waals surface area contributed by atoms with Crippen LogP contribution in [0.4, 0.5) is 0 Å². The van der Waals surface area contributed by atoms with Crippen molar-refractivity contribution in [2.24, 2.45) is 11.8 Å². The van der Waals surface area contributed by atoms with Crippen molar-refractivity contribution < 1.29 is 28.9 Å². The Labute approximate surface area is 178 Å². The van der Waals surface area contributed by atoms with Crippen molar-refractivity contribution in [1.29, 1.82) is 0 Å². The molecule has 2 heterocycles. The lowest BCUT2D eigenvalue weighted by atomic mass is 9.85. The van der Waals surface area contributed by atoms with Crippen LogP contribution in [0, 0.1) is 18.8 Å². The van der Waals surface area contributed by atoms with Crippen molar-refractivity contribution in [2.45, 2.75) is 26.3 Å². The SMILES string of the molecule is COc1cc(C)c(C[NH+]2CC[NH+](CN3C(=O)[C@H]4CC=CC[C@@H]4C3=O)CC2)cc1OC. The smallest absolute Gasteiger partial charge is 0.237 e. The number of fused-ring (bicyclic) bond motifs is 1. The molecule has 0 saturated carbocycles. The molecule has 3 aliphatic rings. The molecule has 30 heavy (non-hydrogen) atoms. The van der Waals surface area contributed by atoms with E-state index in [2.05, 4.69) is 13.0 Å². The predicted molar refractivity (Wildman–Crippen MR) is 111 cm³/mol. The molecule has 1 aromatic carbocycles. The largest absolute Gasteiger partial charge is 0.493 e. The zero-order valence-corrected chi connectivity index (χ0v) is 18.2. The summed E-state index contributed by atoms with van der Waals surface area (Å²) in [5.41, 5.74) is 2.48. The monoisotopic (exact) mass is 415 g/mol. The molecule has 0 spiro atoms. The summed E-state index contributed by atoms with van der Waals surface area (Å²) in [6.07, 6.45) is 5.51. The molecule has 0 bridgehead atoms. The second-order valence-corrected chi connectivity index (χ2v) is 8.73. The summed E-state index contributed by atoms with van der Waals surface area (Å²) in [7, 11) is 3.32. The second-order valence-electron chi connectivity index (χ2n) is 8.73. The number of likely N-dealkylation sites (tertiary alicyclic amines) is 1. The fraction of sp³-hybridized carbons (Fsp3) is 0.565. The first-order valence-corrected chi connectivity index (χ1v) is 10.9. The topological polar surface area (TPSA) is 64.7 Å². The van der Waals surface area contributed by atoms with Crippen LogP contribution in [0.3, 0.4) is 0 Å². The van der Waals surface area contributed by atoms with Crippen LogP contribution in [0.15, 0.2) is 24.3 Å². The number of carbonyl (C=O) groups is 2. The van der Waals surface area contributed by atoms with Gasteiger partial charge in [-0.05, 0) is 37.5 Å². The van der Waals surface area contributed by atoms with Crippen molar-refractivity contribution >= 4 is 11.8 Å². The summed E-state index contributed by atoms with van der Waals surface area (Å²) < 4.78 is 10.9. The van der Waals surface area contributed by atoms with Gasteiger partial charge in [-0.2, -0.15) is 0 Å².